The average Bonchev–Trinajstić information content (AvgIpc) is 3.05. The Kier molecular flexibility index (Phi) is 6.37. The van der Waals surface area contributed by atoms with Crippen LogP contribution in [0.1, 0.15) is 25.1 Å². The van der Waals surface area contributed by atoms with E-state index in [4.69, 9.17) is 9.47 Å². The fraction of sp³-hybridized carbons (Fsp3) is 0.250. The summed E-state index contributed by atoms with van der Waals surface area (Å²) < 4.78 is 13.7. The van der Waals surface area contributed by atoms with Crippen molar-refractivity contribution in [1.82, 2.24) is 4.57 Å². The van der Waals surface area contributed by atoms with Crippen LogP contribution < -0.4 is 4.74 Å². The smallest absolute Gasteiger partial charge is 0.119 e. The number of nitrogens with zero attached hydrogens (tertiary/aromatic N) is 1. The van der Waals surface area contributed by atoms with Gasteiger partial charge in [-0.2, -0.15) is 0 Å². The van der Waals surface area contributed by atoms with Gasteiger partial charge < -0.3 is 14.0 Å². The molecule has 0 spiro atoms. The highest BCUT2D eigenvalue weighted by Gasteiger charge is 2.07. The molecule has 0 aliphatic heterocycles. The molecule has 0 aliphatic carbocycles. The molecular formula is C24H27NO2. The van der Waals surface area contributed by atoms with E-state index in [1.165, 1.54) is 17.0 Å². The summed E-state index contributed by atoms with van der Waals surface area (Å²) in [7, 11) is 0. The molecule has 0 radical (unpaired) electrons. The first-order chi connectivity index (χ1) is 13.2. The Morgan fingerprint density at radius 1 is 0.963 bits per heavy atom. The van der Waals surface area contributed by atoms with Gasteiger partial charge in [0.1, 0.15) is 12.4 Å². The van der Waals surface area contributed by atoms with Crippen LogP contribution in [0.15, 0.2) is 72.5 Å². The maximum atomic E-state index is 5.96. The molecular weight excluding hydrogens is 334 g/mol. The van der Waals surface area contributed by atoms with Crippen LogP contribution in [-0.2, 0) is 11.3 Å². The van der Waals surface area contributed by atoms with Crippen molar-refractivity contribution >= 4 is 6.08 Å². The van der Waals surface area contributed by atoms with E-state index in [1.54, 1.807) is 0 Å². The molecule has 0 atom stereocenters. The molecule has 27 heavy (non-hydrogen) atoms. The molecule has 3 heteroatoms. The topological polar surface area (TPSA) is 23.4 Å². The summed E-state index contributed by atoms with van der Waals surface area (Å²) in [6.45, 7) is 8.22. The summed E-state index contributed by atoms with van der Waals surface area (Å²) >= 11 is 0. The van der Waals surface area contributed by atoms with Gasteiger partial charge in [-0.15, -0.1) is 0 Å². The van der Waals surface area contributed by atoms with Gasteiger partial charge in [0, 0.05) is 11.4 Å². The Labute approximate surface area is 161 Å². The second-order valence-corrected chi connectivity index (χ2v) is 6.48. The zero-order valence-corrected chi connectivity index (χ0v) is 16.3. The van der Waals surface area contributed by atoms with Gasteiger partial charge in [-0.3, -0.25) is 0 Å². The van der Waals surface area contributed by atoms with Crippen LogP contribution in [0.25, 0.3) is 17.3 Å². The predicted octanol–water partition coefficient (Wildman–Crippen LogP) is 5.94. The highest BCUT2D eigenvalue weighted by molar-refractivity contribution is 5.60. The summed E-state index contributed by atoms with van der Waals surface area (Å²) in [6.07, 6.45) is 2.03. The Balaban J connectivity index is 1.61. The van der Waals surface area contributed by atoms with Gasteiger partial charge in [-0.1, -0.05) is 42.5 Å². The molecule has 0 unspecified atom stereocenters. The number of rotatable bonds is 8. The molecule has 0 bridgehead atoms. The molecule has 0 aliphatic rings. The monoisotopic (exact) mass is 361 g/mol. The maximum Gasteiger partial charge on any atom is 0.119 e. The SMILES string of the molecule is CCOC(C)=Cc1ccc(OCCn2c(C)ccc2-c2ccccc2)cc1. The lowest BCUT2D eigenvalue weighted by Crippen LogP contribution is -2.10. The lowest BCUT2D eigenvalue weighted by Gasteiger charge is -2.13. The fourth-order valence-electron chi connectivity index (χ4n) is 3.15. The van der Waals surface area contributed by atoms with E-state index < -0.39 is 0 Å². The van der Waals surface area contributed by atoms with Crippen LogP contribution in [0, 0.1) is 6.92 Å². The van der Waals surface area contributed by atoms with E-state index in [0.717, 1.165) is 23.6 Å². The third-order valence-corrected chi connectivity index (χ3v) is 4.47. The molecule has 0 saturated carbocycles. The minimum atomic E-state index is 0.627. The number of aromatic nitrogens is 1. The highest BCUT2D eigenvalue weighted by atomic mass is 16.5. The van der Waals surface area contributed by atoms with Crippen molar-refractivity contribution in [3.05, 3.63) is 83.7 Å². The van der Waals surface area contributed by atoms with Crippen LogP contribution in [0.4, 0.5) is 0 Å². The quantitative estimate of drug-likeness (QED) is 0.464. The van der Waals surface area contributed by atoms with E-state index in [-0.39, 0.29) is 0 Å². The molecule has 3 rings (SSSR count). The Morgan fingerprint density at radius 3 is 2.41 bits per heavy atom. The normalized spacial score (nSPS) is 11.4. The third kappa shape index (κ3) is 5.04. The first-order valence-electron chi connectivity index (χ1n) is 9.43. The molecule has 0 fully saturated rings. The first-order valence-corrected chi connectivity index (χ1v) is 9.43. The third-order valence-electron chi connectivity index (χ3n) is 4.47. The van der Waals surface area contributed by atoms with Gasteiger partial charge in [0.15, 0.2) is 0 Å². The van der Waals surface area contributed by atoms with E-state index >= 15 is 0 Å². The van der Waals surface area contributed by atoms with Crippen molar-refractivity contribution in [1.29, 1.82) is 0 Å². The summed E-state index contributed by atoms with van der Waals surface area (Å²) in [6, 6.07) is 22.9. The van der Waals surface area contributed by atoms with Crippen molar-refractivity contribution < 1.29 is 9.47 Å². The van der Waals surface area contributed by atoms with Gasteiger partial charge in [0.2, 0.25) is 0 Å². The molecule has 140 valence electrons. The van der Waals surface area contributed by atoms with Crippen LogP contribution in [0.2, 0.25) is 0 Å². The van der Waals surface area contributed by atoms with Gasteiger partial charge >= 0.3 is 0 Å². The van der Waals surface area contributed by atoms with Crippen molar-refractivity contribution in [2.75, 3.05) is 13.2 Å². The zero-order valence-electron chi connectivity index (χ0n) is 16.3. The molecule has 0 saturated heterocycles. The zero-order chi connectivity index (χ0) is 19.1. The summed E-state index contributed by atoms with van der Waals surface area (Å²) in [5, 5.41) is 0. The second kappa shape index (κ2) is 9.13. The molecule has 0 N–H and O–H groups in total. The summed E-state index contributed by atoms with van der Waals surface area (Å²) in [5.41, 5.74) is 4.81. The lowest BCUT2D eigenvalue weighted by molar-refractivity contribution is 0.235. The Morgan fingerprint density at radius 2 is 1.70 bits per heavy atom. The largest absolute Gasteiger partial charge is 0.499 e. The van der Waals surface area contributed by atoms with E-state index in [2.05, 4.69) is 47.9 Å². The number of hydrogen-bond donors (Lipinski definition) is 0. The summed E-state index contributed by atoms with van der Waals surface area (Å²) in [5.74, 6) is 1.80. The maximum absolute atomic E-state index is 5.96. The number of benzene rings is 2. The van der Waals surface area contributed by atoms with Crippen molar-refractivity contribution in [3.8, 4) is 17.0 Å². The van der Waals surface area contributed by atoms with E-state index in [0.29, 0.717) is 13.2 Å². The minimum Gasteiger partial charge on any atom is -0.499 e. The highest BCUT2D eigenvalue weighted by Crippen LogP contribution is 2.22. The van der Waals surface area contributed by atoms with Crippen LogP contribution in [0.3, 0.4) is 0 Å². The Hall–Kier alpha value is -2.94. The minimum absolute atomic E-state index is 0.627. The number of allylic oxidation sites excluding steroid dienone is 1. The average molecular weight is 361 g/mol. The number of hydrogen-bond acceptors (Lipinski definition) is 2. The molecule has 1 heterocycles. The predicted molar refractivity (Wildman–Crippen MR) is 112 cm³/mol. The van der Waals surface area contributed by atoms with Gasteiger partial charge in [0.05, 0.1) is 18.9 Å². The van der Waals surface area contributed by atoms with Crippen molar-refractivity contribution in [2.24, 2.45) is 0 Å². The fourth-order valence-corrected chi connectivity index (χ4v) is 3.15. The Bertz CT molecular complexity index is 877. The standard InChI is InChI=1S/C24H27NO2/c1-4-26-20(3)18-21-11-13-23(14-12-21)27-17-16-25-19(2)10-15-24(25)22-8-6-5-7-9-22/h5-15,18H,4,16-17H2,1-3H3. The molecule has 1 aromatic heterocycles. The van der Waals surface area contributed by atoms with Crippen LogP contribution >= 0.6 is 0 Å². The molecule has 2 aromatic carbocycles. The number of ether oxygens (including phenoxy) is 2. The van der Waals surface area contributed by atoms with Crippen molar-refractivity contribution in [2.45, 2.75) is 27.3 Å². The molecule has 3 aromatic rings. The van der Waals surface area contributed by atoms with E-state index in [9.17, 15) is 0 Å². The second-order valence-electron chi connectivity index (χ2n) is 6.48. The molecule has 3 nitrogen and oxygen atoms in total. The van der Waals surface area contributed by atoms with Gasteiger partial charge in [-0.05, 0) is 62.2 Å². The lowest BCUT2D eigenvalue weighted by atomic mass is 10.1. The van der Waals surface area contributed by atoms with Crippen molar-refractivity contribution in [3.63, 3.8) is 0 Å². The van der Waals surface area contributed by atoms with Gasteiger partial charge in [0.25, 0.3) is 0 Å². The number of aryl methyl sites for hydroxylation is 1. The van der Waals surface area contributed by atoms with Crippen LogP contribution in [0.5, 0.6) is 5.75 Å². The van der Waals surface area contributed by atoms with Gasteiger partial charge in [-0.25, -0.2) is 0 Å². The van der Waals surface area contributed by atoms with Crippen LogP contribution in [-0.4, -0.2) is 17.8 Å². The summed E-state index contributed by atoms with van der Waals surface area (Å²) in [4.78, 5) is 0. The van der Waals surface area contributed by atoms with E-state index in [1.807, 2.05) is 50.3 Å². The molecule has 0 amide bonds. The first kappa shape index (κ1) is 18.8.